The molecule has 0 amide bonds. The van der Waals surface area contributed by atoms with Gasteiger partial charge in [0.1, 0.15) is 0 Å². The molecule has 0 atom stereocenters. The van der Waals surface area contributed by atoms with Crippen LogP contribution in [-0.2, 0) is 4.79 Å². The number of hydrogen-bond acceptors (Lipinski definition) is 1. The van der Waals surface area contributed by atoms with Gasteiger partial charge >= 0.3 is 5.97 Å². The van der Waals surface area contributed by atoms with E-state index in [4.69, 9.17) is 5.11 Å². The highest BCUT2D eigenvalue weighted by Gasteiger charge is 2.10. The number of hydrogen-bond donors (Lipinski definition) is 1. The van der Waals surface area contributed by atoms with Crippen LogP contribution in [0.2, 0.25) is 0 Å². The molecule has 1 N–H and O–H groups in total. The predicted octanol–water partition coefficient (Wildman–Crippen LogP) is 4.37. The van der Waals surface area contributed by atoms with Crippen LogP contribution in [0.3, 0.4) is 0 Å². The third-order valence-electron chi connectivity index (χ3n) is 1.55. The second kappa shape index (κ2) is 5.23. The topological polar surface area (TPSA) is 37.3 Å². The van der Waals surface area contributed by atoms with Gasteiger partial charge in [0.25, 0.3) is 0 Å². The summed E-state index contributed by atoms with van der Waals surface area (Å²) in [7, 11) is 0. The SMILES string of the molecule is O=C(O)C(F)=Cc1ccc(Br)c(Br)c1Br. The number of carbonyl (C=O) groups is 1. The summed E-state index contributed by atoms with van der Waals surface area (Å²) in [5, 5.41) is 8.38. The highest BCUT2D eigenvalue weighted by molar-refractivity contribution is 9.14. The summed E-state index contributed by atoms with van der Waals surface area (Å²) in [4.78, 5) is 10.3. The number of aliphatic carboxylic acids is 1. The molecule has 0 heterocycles. The van der Waals surface area contributed by atoms with Crippen molar-refractivity contribution in [3.8, 4) is 0 Å². The molecule has 6 heteroatoms. The van der Waals surface area contributed by atoms with E-state index >= 15 is 0 Å². The molecule has 0 aliphatic carbocycles. The molecule has 0 fully saturated rings. The fourth-order valence-corrected chi connectivity index (χ4v) is 2.27. The molecule has 0 aliphatic heterocycles. The number of carboxylic acids is 1. The molecule has 2 nitrogen and oxygen atoms in total. The molecule has 1 aromatic rings. The Bertz CT molecular complexity index is 443. The van der Waals surface area contributed by atoms with Crippen LogP contribution in [-0.4, -0.2) is 11.1 Å². The van der Waals surface area contributed by atoms with Crippen molar-refractivity contribution in [1.29, 1.82) is 0 Å². The molecule has 15 heavy (non-hydrogen) atoms. The third-order valence-corrected chi connectivity index (χ3v) is 4.95. The van der Waals surface area contributed by atoms with Crippen LogP contribution in [0.25, 0.3) is 6.08 Å². The van der Waals surface area contributed by atoms with E-state index < -0.39 is 11.8 Å². The summed E-state index contributed by atoms with van der Waals surface area (Å²) >= 11 is 9.76. The normalized spacial score (nSPS) is 11.6. The Morgan fingerprint density at radius 3 is 2.40 bits per heavy atom. The van der Waals surface area contributed by atoms with Gasteiger partial charge in [-0.25, -0.2) is 4.79 Å². The van der Waals surface area contributed by atoms with E-state index in [-0.39, 0.29) is 0 Å². The van der Waals surface area contributed by atoms with Crippen molar-refractivity contribution in [1.82, 2.24) is 0 Å². The maximum absolute atomic E-state index is 12.8. The summed E-state index contributed by atoms with van der Waals surface area (Å²) in [5.41, 5.74) is 0.449. The quantitative estimate of drug-likeness (QED) is 0.589. The molecule has 1 aromatic carbocycles. The third kappa shape index (κ3) is 3.12. The number of halogens is 4. The van der Waals surface area contributed by atoms with Crippen LogP contribution in [0.15, 0.2) is 31.4 Å². The fraction of sp³-hybridized carbons (Fsp3) is 0. The van der Waals surface area contributed by atoms with Gasteiger partial charge in [-0.05, 0) is 65.5 Å². The first-order valence-corrected chi connectivity index (χ1v) is 6.05. The van der Waals surface area contributed by atoms with Crippen molar-refractivity contribution < 1.29 is 14.3 Å². The van der Waals surface area contributed by atoms with Crippen LogP contribution in [0.4, 0.5) is 4.39 Å². The molecule has 80 valence electrons. The fourth-order valence-electron chi connectivity index (χ4n) is 0.851. The first-order valence-electron chi connectivity index (χ1n) is 3.67. The van der Waals surface area contributed by atoms with Gasteiger partial charge in [0.15, 0.2) is 0 Å². The van der Waals surface area contributed by atoms with Crippen molar-refractivity contribution in [2.45, 2.75) is 0 Å². The van der Waals surface area contributed by atoms with Gasteiger partial charge in [-0.15, -0.1) is 0 Å². The minimum atomic E-state index is -1.58. The van der Waals surface area contributed by atoms with Crippen molar-refractivity contribution >= 4 is 59.8 Å². The number of benzene rings is 1. The molecule has 0 saturated heterocycles. The minimum Gasteiger partial charge on any atom is -0.476 e. The van der Waals surface area contributed by atoms with Gasteiger partial charge in [-0.3, -0.25) is 0 Å². The van der Waals surface area contributed by atoms with E-state index in [0.717, 1.165) is 10.5 Å². The Kier molecular flexibility index (Phi) is 4.48. The van der Waals surface area contributed by atoms with Crippen LogP contribution in [0.5, 0.6) is 0 Å². The molecular weight excluding hydrogens is 399 g/mol. The van der Waals surface area contributed by atoms with E-state index in [1.807, 2.05) is 0 Å². The van der Waals surface area contributed by atoms with Gasteiger partial charge < -0.3 is 5.11 Å². The summed E-state index contributed by atoms with van der Waals surface area (Å²) in [6.45, 7) is 0. The molecule has 0 aliphatic rings. The lowest BCUT2D eigenvalue weighted by atomic mass is 10.2. The molecule has 1 rings (SSSR count). The second-order valence-electron chi connectivity index (χ2n) is 2.56. The number of carboxylic acid groups (broad SMARTS) is 1. The van der Waals surface area contributed by atoms with Gasteiger partial charge in [0, 0.05) is 13.4 Å². The van der Waals surface area contributed by atoms with Gasteiger partial charge in [-0.2, -0.15) is 4.39 Å². The van der Waals surface area contributed by atoms with Crippen molar-refractivity contribution in [3.05, 3.63) is 36.9 Å². The smallest absolute Gasteiger partial charge is 0.364 e. The lowest BCUT2D eigenvalue weighted by Crippen LogP contribution is -1.94. The van der Waals surface area contributed by atoms with Crippen LogP contribution >= 0.6 is 47.8 Å². The maximum Gasteiger partial charge on any atom is 0.364 e. The molecular formula is C9H4Br3FO2. The first kappa shape index (κ1) is 12.9. The zero-order chi connectivity index (χ0) is 11.6. The Morgan fingerprint density at radius 1 is 1.27 bits per heavy atom. The first-order chi connectivity index (χ1) is 6.93. The van der Waals surface area contributed by atoms with Gasteiger partial charge in [-0.1, -0.05) is 6.07 Å². The van der Waals surface area contributed by atoms with E-state index in [9.17, 15) is 9.18 Å². The molecule has 0 aromatic heterocycles. The van der Waals surface area contributed by atoms with E-state index in [1.54, 1.807) is 12.1 Å². The molecule has 0 spiro atoms. The van der Waals surface area contributed by atoms with Crippen LogP contribution < -0.4 is 0 Å². The Balaban J connectivity index is 3.23. The maximum atomic E-state index is 12.8. The van der Waals surface area contributed by atoms with E-state index in [2.05, 4.69) is 47.8 Å². The summed E-state index contributed by atoms with van der Waals surface area (Å²) < 4.78 is 14.9. The second-order valence-corrected chi connectivity index (χ2v) is 5.00. The van der Waals surface area contributed by atoms with Crippen LogP contribution in [0, 0.1) is 0 Å². The van der Waals surface area contributed by atoms with Crippen molar-refractivity contribution in [2.24, 2.45) is 0 Å². The van der Waals surface area contributed by atoms with Gasteiger partial charge in [0.2, 0.25) is 5.83 Å². The summed E-state index contributed by atoms with van der Waals surface area (Å²) in [6.07, 6.45) is 0.948. The zero-order valence-corrected chi connectivity index (χ0v) is 11.9. The van der Waals surface area contributed by atoms with E-state index in [0.29, 0.717) is 14.5 Å². The average Bonchev–Trinajstić information content (AvgIpc) is 2.18. The van der Waals surface area contributed by atoms with Crippen LogP contribution in [0.1, 0.15) is 5.56 Å². The lowest BCUT2D eigenvalue weighted by molar-refractivity contribution is -0.134. The van der Waals surface area contributed by atoms with Gasteiger partial charge in [0.05, 0.1) is 0 Å². The summed E-state index contributed by atoms with van der Waals surface area (Å²) in [6, 6.07) is 3.29. The molecule has 0 radical (unpaired) electrons. The lowest BCUT2D eigenvalue weighted by Gasteiger charge is -2.03. The average molecular weight is 403 g/mol. The van der Waals surface area contributed by atoms with Crippen molar-refractivity contribution in [2.75, 3.05) is 0 Å². The molecule has 0 saturated carbocycles. The van der Waals surface area contributed by atoms with E-state index in [1.165, 1.54) is 0 Å². The Hall–Kier alpha value is -0.200. The highest BCUT2D eigenvalue weighted by atomic mass is 79.9. The number of rotatable bonds is 2. The molecule has 0 unspecified atom stereocenters. The monoisotopic (exact) mass is 400 g/mol. The largest absolute Gasteiger partial charge is 0.476 e. The minimum absolute atomic E-state index is 0.449. The van der Waals surface area contributed by atoms with Crippen molar-refractivity contribution in [3.63, 3.8) is 0 Å². The summed E-state index contributed by atoms with van der Waals surface area (Å²) in [5.74, 6) is -2.79. The Morgan fingerprint density at radius 2 is 1.87 bits per heavy atom. The zero-order valence-electron chi connectivity index (χ0n) is 7.10. The predicted molar refractivity (Wildman–Crippen MR) is 66.3 cm³/mol. The molecule has 0 bridgehead atoms. The highest BCUT2D eigenvalue weighted by Crippen LogP contribution is 2.34. The standard InChI is InChI=1S/C9H4Br3FO2/c10-5-2-1-4(7(11)8(5)12)3-6(13)9(14)15/h1-3H,(H,14,15). The Labute approximate surface area is 111 Å².